The fraction of sp³-hybridized carbons (Fsp3) is 0.429. The average Bonchev–Trinajstić information content (AvgIpc) is 2.43. The Morgan fingerprint density at radius 1 is 1.77 bits per heavy atom. The summed E-state index contributed by atoms with van der Waals surface area (Å²) in [5.74, 6) is 4.18. The minimum absolute atomic E-state index is 0.0843. The molecule has 0 fully saturated rings. The number of aliphatic hydroxyl groups excluding tert-OH is 1. The van der Waals surface area contributed by atoms with Crippen molar-refractivity contribution in [3.63, 3.8) is 0 Å². The predicted molar refractivity (Wildman–Crippen MR) is 43.8 cm³/mol. The van der Waals surface area contributed by atoms with E-state index in [1.165, 1.54) is 17.1 Å². The monoisotopic (exact) mass is 185 g/mol. The first-order valence-electron chi connectivity index (χ1n) is 3.81. The molecular formula is C7H11N3O3. The van der Waals surface area contributed by atoms with Gasteiger partial charge in [0.05, 0.1) is 0 Å². The number of carbonyl (C=O) groups is 2. The quantitative estimate of drug-likeness (QED) is 0.271. The molecule has 6 nitrogen and oxygen atoms in total. The number of aliphatic hydroxyl groups is 1. The van der Waals surface area contributed by atoms with E-state index in [1.54, 1.807) is 0 Å². The molecule has 0 spiro atoms. The van der Waals surface area contributed by atoms with Gasteiger partial charge in [0.2, 0.25) is 11.8 Å². The standard InChI is InChI=1S/C7H11N3O3/c8-9-5(11)3-4-10-6(12)1-2-7(10)13/h1-2,6,12H,3-4,8H2,(H,9,11). The number of rotatable bonds is 3. The molecule has 1 aliphatic rings. The minimum atomic E-state index is -0.918. The highest BCUT2D eigenvalue weighted by molar-refractivity contribution is 5.90. The number of hydrazine groups is 1. The Bertz CT molecular complexity index is 251. The molecule has 0 saturated heterocycles. The van der Waals surface area contributed by atoms with E-state index < -0.39 is 6.23 Å². The smallest absolute Gasteiger partial charge is 0.248 e. The Kier molecular flexibility index (Phi) is 2.99. The molecule has 4 N–H and O–H groups in total. The van der Waals surface area contributed by atoms with Crippen LogP contribution in [0.2, 0.25) is 0 Å². The van der Waals surface area contributed by atoms with Gasteiger partial charge in [-0.05, 0) is 6.08 Å². The highest BCUT2D eigenvalue weighted by atomic mass is 16.3. The maximum absolute atomic E-state index is 11.0. The van der Waals surface area contributed by atoms with Crippen LogP contribution < -0.4 is 11.3 Å². The van der Waals surface area contributed by atoms with Gasteiger partial charge in [-0.3, -0.25) is 15.0 Å². The second kappa shape index (κ2) is 4.01. The van der Waals surface area contributed by atoms with Crippen LogP contribution in [-0.2, 0) is 9.59 Å². The molecule has 2 amide bonds. The zero-order valence-electron chi connectivity index (χ0n) is 6.93. The Morgan fingerprint density at radius 3 is 2.92 bits per heavy atom. The molecule has 1 atom stereocenters. The van der Waals surface area contributed by atoms with Crippen molar-refractivity contribution in [1.29, 1.82) is 0 Å². The second-order valence-electron chi connectivity index (χ2n) is 2.62. The number of hydrogen-bond donors (Lipinski definition) is 3. The van der Waals surface area contributed by atoms with Crippen molar-refractivity contribution >= 4 is 11.8 Å². The lowest BCUT2D eigenvalue weighted by atomic mass is 10.3. The zero-order chi connectivity index (χ0) is 9.84. The fourth-order valence-electron chi connectivity index (χ4n) is 1.04. The summed E-state index contributed by atoms with van der Waals surface area (Å²) in [5.41, 5.74) is 1.94. The topological polar surface area (TPSA) is 95.7 Å². The third-order valence-electron chi connectivity index (χ3n) is 1.75. The number of nitrogens with zero attached hydrogens (tertiary/aromatic N) is 1. The van der Waals surface area contributed by atoms with Crippen LogP contribution in [0.25, 0.3) is 0 Å². The van der Waals surface area contributed by atoms with Crippen molar-refractivity contribution in [1.82, 2.24) is 10.3 Å². The van der Waals surface area contributed by atoms with Crippen molar-refractivity contribution in [2.45, 2.75) is 12.6 Å². The van der Waals surface area contributed by atoms with Crippen LogP contribution in [0.4, 0.5) is 0 Å². The predicted octanol–water partition coefficient (Wildman–Crippen LogP) is -1.92. The molecule has 0 radical (unpaired) electrons. The Hall–Kier alpha value is -1.40. The van der Waals surface area contributed by atoms with Crippen molar-refractivity contribution < 1.29 is 14.7 Å². The summed E-state index contributed by atoms with van der Waals surface area (Å²) in [7, 11) is 0. The largest absolute Gasteiger partial charge is 0.370 e. The number of hydrogen-bond acceptors (Lipinski definition) is 4. The molecule has 0 saturated carbocycles. The molecule has 0 bridgehead atoms. The van der Waals surface area contributed by atoms with Crippen molar-refractivity contribution in [3.8, 4) is 0 Å². The normalized spacial score (nSPS) is 20.9. The minimum Gasteiger partial charge on any atom is -0.370 e. The number of amides is 2. The molecule has 0 aromatic rings. The lowest BCUT2D eigenvalue weighted by Gasteiger charge is -2.19. The molecule has 13 heavy (non-hydrogen) atoms. The van der Waals surface area contributed by atoms with E-state index in [9.17, 15) is 14.7 Å². The van der Waals surface area contributed by atoms with E-state index in [1.807, 2.05) is 5.43 Å². The van der Waals surface area contributed by atoms with E-state index in [2.05, 4.69) is 0 Å². The maximum Gasteiger partial charge on any atom is 0.248 e. The number of nitrogens with one attached hydrogen (secondary N) is 1. The Balaban J connectivity index is 2.37. The van der Waals surface area contributed by atoms with Gasteiger partial charge in [-0.2, -0.15) is 0 Å². The first-order valence-corrected chi connectivity index (χ1v) is 3.81. The van der Waals surface area contributed by atoms with Gasteiger partial charge in [-0.1, -0.05) is 0 Å². The summed E-state index contributed by atoms with van der Waals surface area (Å²) in [4.78, 5) is 22.9. The van der Waals surface area contributed by atoms with Crippen LogP contribution in [-0.4, -0.2) is 34.6 Å². The molecule has 1 aliphatic heterocycles. The summed E-state index contributed by atoms with van der Waals surface area (Å²) in [5, 5.41) is 9.20. The van der Waals surface area contributed by atoms with Gasteiger partial charge in [0, 0.05) is 19.0 Å². The van der Waals surface area contributed by atoms with Gasteiger partial charge in [-0.15, -0.1) is 0 Å². The van der Waals surface area contributed by atoms with Gasteiger partial charge < -0.3 is 10.0 Å². The molecule has 0 aromatic carbocycles. The molecule has 6 heteroatoms. The van der Waals surface area contributed by atoms with Crippen LogP contribution in [0, 0.1) is 0 Å². The lowest BCUT2D eigenvalue weighted by Crippen LogP contribution is -2.38. The van der Waals surface area contributed by atoms with Crippen LogP contribution in [0.15, 0.2) is 12.2 Å². The van der Waals surface area contributed by atoms with Crippen molar-refractivity contribution in [2.24, 2.45) is 5.84 Å². The van der Waals surface area contributed by atoms with Gasteiger partial charge in [-0.25, -0.2) is 5.84 Å². The summed E-state index contributed by atoms with van der Waals surface area (Å²) in [6.07, 6.45) is 1.80. The van der Waals surface area contributed by atoms with E-state index in [-0.39, 0.29) is 24.8 Å². The lowest BCUT2D eigenvalue weighted by molar-refractivity contribution is -0.131. The third-order valence-corrected chi connectivity index (χ3v) is 1.75. The maximum atomic E-state index is 11.0. The van der Waals surface area contributed by atoms with E-state index >= 15 is 0 Å². The van der Waals surface area contributed by atoms with Gasteiger partial charge >= 0.3 is 0 Å². The van der Waals surface area contributed by atoms with Crippen molar-refractivity contribution in [2.75, 3.05) is 6.54 Å². The van der Waals surface area contributed by atoms with Crippen LogP contribution in [0.1, 0.15) is 6.42 Å². The summed E-state index contributed by atoms with van der Waals surface area (Å²) < 4.78 is 0. The van der Waals surface area contributed by atoms with Gasteiger partial charge in [0.1, 0.15) is 6.23 Å². The number of carbonyl (C=O) groups excluding carboxylic acids is 2. The van der Waals surface area contributed by atoms with Gasteiger partial charge in [0.15, 0.2) is 0 Å². The van der Waals surface area contributed by atoms with Crippen LogP contribution in [0.5, 0.6) is 0 Å². The highest BCUT2D eigenvalue weighted by Crippen LogP contribution is 2.08. The van der Waals surface area contributed by atoms with Crippen LogP contribution >= 0.6 is 0 Å². The highest BCUT2D eigenvalue weighted by Gasteiger charge is 2.23. The number of nitrogens with two attached hydrogens (primary N) is 1. The SMILES string of the molecule is NNC(=O)CCN1C(=O)C=CC1O. The average molecular weight is 185 g/mol. The second-order valence-corrected chi connectivity index (χ2v) is 2.62. The third kappa shape index (κ3) is 2.27. The molecule has 72 valence electrons. The summed E-state index contributed by atoms with van der Waals surface area (Å²) >= 11 is 0. The molecule has 1 unspecified atom stereocenters. The van der Waals surface area contributed by atoms with E-state index in [0.29, 0.717) is 0 Å². The first kappa shape index (κ1) is 9.69. The van der Waals surface area contributed by atoms with E-state index in [4.69, 9.17) is 5.84 Å². The molecule has 1 heterocycles. The summed E-state index contributed by atoms with van der Waals surface area (Å²) in [6.45, 7) is 0.163. The van der Waals surface area contributed by atoms with Gasteiger partial charge in [0.25, 0.3) is 0 Å². The molecule has 0 aromatic heterocycles. The molecular weight excluding hydrogens is 174 g/mol. The zero-order valence-corrected chi connectivity index (χ0v) is 6.93. The Morgan fingerprint density at radius 2 is 2.46 bits per heavy atom. The molecule has 1 rings (SSSR count). The first-order chi connectivity index (χ1) is 6.15. The van der Waals surface area contributed by atoms with Crippen molar-refractivity contribution in [3.05, 3.63) is 12.2 Å². The Labute approximate surface area is 75.0 Å². The summed E-state index contributed by atoms with van der Waals surface area (Å²) in [6, 6.07) is 0. The van der Waals surface area contributed by atoms with Crippen LogP contribution in [0.3, 0.4) is 0 Å². The van der Waals surface area contributed by atoms with E-state index in [0.717, 1.165) is 0 Å². The fourth-order valence-corrected chi connectivity index (χ4v) is 1.04. The molecule has 0 aliphatic carbocycles.